The van der Waals surface area contributed by atoms with Crippen LogP contribution in [0.25, 0.3) is 0 Å². The van der Waals surface area contributed by atoms with Gasteiger partial charge in [-0.2, -0.15) is 0 Å². The predicted octanol–water partition coefficient (Wildman–Crippen LogP) is 3.26. The number of nitrogens with one attached hydrogen (secondary N) is 3. The minimum absolute atomic E-state index is 0.183. The standard InChI is InChI=1S/C24H32FN3O4/c1-24(2,3)32-23(31)28-21(15-26-14-17-7-5-4-6-8-17)13-20(27-16-29)10-18-9-19(25)12-22(30)11-18/h4-9,11-12,16,20-21,26,30H,10,13-15H2,1-3H3,(H,27,29)(H,28,31)/t20-,21-/m0/s1. The molecular formula is C24H32FN3O4. The second kappa shape index (κ2) is 12.0. The maximum atomic E-state index is 13.7. The average Bonchev–Trinajstić information content (AvgIpc) is 2.66. The van der Waals surface area contributed by atoms with E-state index in [1.165, 1.54) is 12.1 Å². The van der Waals surface area contributed by atoms with Crippen LogP contribution < -0.4 is 16.0 Å². The molecule has 0 radical (unpaired) electrons. The van der Waals surface area contributed by atoms with Crippen LogP contribution in [0.4, 0.5) is 9.18 Å². The fourth-order valence-electron chi connectivity index (χ4n) is 3.34. The number of hydrogen-bond acceptors (Lipinski definition) is 5. The van der Waals surface area contributed by atoms with E-state index >= 15 is 0 Å². The number of aromatic hydroxyl groups is 1. The summed E-state index contributed by atoms with van der Waals surface area (Å²) in [5.41, 5.74) is 0.988. The normalized spacial score (nSPS) is 13.1. The summed E-state index contributed by atoms with van der Waals surface area (Å²) in [5, 5.41) is 18.5. The minimum Gasteiger partial charge on any atom is -0.508 e. The highest BCUT2D eigenvalue weighted by atomic mass is 19.1. The number of benzene rings is 2. The van der Waals surface area contributed by atoms with Crippen molar-refractivity contribution in [1.29, 1.82) is 0 Å². The molecule has 2 rings (SSSR count). The van der Waals surface area contributed by atoms with Crippen LogP contribution in [-0.4, -0.2) is 41.8 Å². The largest absolute Gasteiger partial charge is 0.508 e. The van der Waals surface area contributed by atoms with Gasteiger partial charge in [0.25, 0.3) is 0 Å². The Labute approximate surface area is 188 Å². The number of halogens is 1. The van der Waals surface area contributed by atoms with E-state index < -0.39 is 23.6 Å². The molecule has 0 unspecified atom stereocenters. The lowest BCUT2D eigenvalue weighted by Gasteiger charge is -2.27. The summed E-state index contributed by atoms with van der Waals surface area (Å²) in [5.74, 6) is -0.740. The van der Waals surface area contributed by atoms with Gasteiger partial charge in [0.2, 0.25) is 6.41 Å². The molecule has 0 saturated carbocycles. The molecule has 0 aromatic heterocycles. The Kier molecular flexibility index (Phi) is 9.46. The van der Waals surface area contributed by atoms with Crippen molar-refractivity contribution in [2.75, 3.05) is 6.54 Å². The zero-order valence-electron chi connectivity index (χ0n) is 18.7. The number of phenols is 1. The molecule has 2 atom stereocenters. The van der Waals surface area contributed by atoms with Gasteiger partial charge in [-0.05, 0) is 56.9 Å². The number of rotatable bonds is 11. The number of amides is 2. The van der Waals surface area contributed by atoms with Gasteiger partial charge in [0.05, 0.1) is 0 Å². The lowest BCUT2D eigenvalue weighted by atomic mass is 9.99. The molecule has 0 spiro atoms. The van der Waals surface area contributed by atoms with Gasteiger partial charge in [-0.25, -0.2) is 9.18 Å². The van der Waals surface area contributed by atoms with E-state index in [4.69, 9.17) is 4.74 Å². The molecule has 0 bridgehead atoms. The topological polar surface area (TPSA) is 99.7 Å². The lowest BCUT2D eigenvalue weighted by Crippen LogP contribution is -2.48. The first-order valence-corrected chi connectivity index (χ1v) is 10.6. The number of carbonyl (C=O) groups is 2. The highest BCUT2D eigenvalue weighted by Gasteiger charge is 2.22. The van der Waals surface area contributed by atoms with Crippen LogP contribution in [0.15, 0.2) is 48.5 Å². The van der Waals surface area contributed by atoms with Gasteiger partial charge in [0, 0.05) is 31.2 Å². The SMILES string of the molecule is CC(C)(C)OC(=O)N[C@H](CNCc1ccccc1)C[C@H](Cc1cc(O)cc(F)c1)NC=O. The van der Waals surface area contributed by atoms with Crippen LogP contribution in [0.1, 0.15) is 38.3 Å². The summed E-state index contributed by atoms with van der Waals surface area (Å²) < 4.78 is 19.0. The van der Waals surface area contributed by atoms with Crippen molar-refractivity contribution in [3.05, 3.63) is 65.5 Å². The van der Waals surface area contributed by atoms with Crippen molar-refractivity contribution in [1.82, 2.24) is 16.0 Å². The van der Waals surface area contributed by atoms with Gasteiger partial charge in [-0.15, -0.1) is 0 Å². The first-order chi connectivity index (χ1) is 15.1. The monoisotopic (exact) mass is 445 g/mol. The van der Waals surface area contributed by atoms with Gasteiger partial charge in [0.1, 0.15) is 17.2 Å². The van der Waals surface area contributed by atoms with E-state index in [0.717, 1.165) is 11.6 Å². The Balaban J connectivity index is 2.07. The number of carbonyl (C=O) groups excluding carboxylic acids is 2. The van der Waals surface area contributed by atoms with Gasteiger partial charge < -0.3 is 25.8 Å². The van der Waals surface area contributed by atoms with Crippen molar-refractivity contribution in [3.8, 4) is 5.75 Å². The van der Waals surface area contributed by atoms with Gasteiger partial charge in [-0.1, -0.05) is 30.3 Å². The second-order valence-electron chi connectivity index (χ2n) is 8.70. The third-order valence-electron chi connectivity index (χ3n) is 4.58. The van der Waals surface area contributed by atoms with E-state index in [-0.39, 0.29) is 18.2 Å². The molecule has 4 N–H and O–H groups in total. The predicted molar refractivity (Wildman–Crippen MR) is 121 cm³/mol. The molecule has 7 nitrogen and oxygen atoms in total. The van der Waals surface area contributed by atoms with E-state index in [2.05, 4.69) is 16.0 Å². The van der Waals surface area contributed by atoms with Gasteiger partial charge >= 0.3 is 6.09 Å². The third-order valence-corrected chi connectivity index (χ3v) is 4.58. The molecule has 2 amide bonds. The minimum atomic E-state index is -0.647. The van der Waals surface area contributed by atoms with Gasteiger partial charge in [-0.3, -0.25) is 4.79 Å². The number of alkyl carbamates (subject to hydrolysis) is 1. The quantitative estimate of drug-likeness (QED) is 0.398. The van der Waals surface area contributed by atoms with Crippen LogP contribution in [0.5, 0.6) is 5.75 Å². The van der Waals surface area contributed by atoms with E-state index in [9.17, 15) is 19.1 Å². The summed E-state index contributed by atoms with van der Waals surface area (Å²) in [6.07, 6.45) is 0.676. The van der Waals surface area contributed by atoms with Crippen LogP contribution >= 0.6 is 0 Å². The van der Waals surface area contributed by atoms with Crippen LogP contribution in [0, 0.1) is 5.82 Å². The van der Waals surface area contributed by atoms with Crippen molar-refractivity contribution >= 4 is 12.5 Å². The molecule has 0 aliphatic rings. The summed E-state index contributed by atoms with van der Waals surface area (Å²) in [6, 6.07) is 12.9. The Morgan fingerprint density at radius 3 is 2.47 bits per heavy atom. The number of hydrogen-bond donors (Lipinski definition) is 4. The molecule has 2 aromatic carbocycles. The zero-order chi connectivity index (χ0) is 23.6. The van der Waals surface area contributed by atoms with Crippen molar-refractivity contribution in [3.63, 3.8) is 0 Å². The Morgan fingerprint density at radius 2 is 1.84 bits per heavy atom. The average molecular weight is 446 g/mol. The molecule has 0 fully saturated rings. The molecule has 0 saturated heterocycles. The van der Waals surface area contributed by atoms with Crippen LogP contribution in [-0.2, 0) is 22.5 Å². The third kappa shape index (κ3) is 9.78. The summed E-state index contributed by atoms with van der Waals surface area (Å²) in [6.45, 7) is 6.38. The maximum Gasteiger partial charge on any atom is 0.407 e. The molecule has 0 heterocycles. The molecule has 8 heteroatoms. The van der Waals surface area contributed by atoms with Crippen molar-refractivity contribution in [2.45, 2.75) is 57.8 Å². The number of ether oxygens (including phenoxy) is 1. The smallest absolute Gasteiger partial charge is 0.407 e. The molecule has 2 aromatic rings. The van der Waals surface area contributed by atoms with Gasteiger partial charge in [0.15, 0.2) is 0 Å². The molecule has 0 aliphatic carbocycles. The van der Waals surface area contributed by atoms with E-state index in [0.29, 0.717) is 31.5 Å². The first kappa shape index (κ1) is 25.1. The molecule has 32 heavy (non-hydrogen) atoms. The van der Waals surface area contributed by atoms with Crippen LogP contribution in [0.2, 0.25) is 0 Å². The van der Waals surface area contributed by atoms with Crippen LogP contribution in [0.3, 0.4) is 0 Å². The highest BCUT2D eigenvalue weighted by Crippen LogP contribution is 2.17. The summed E-state index contributed by atoms with van der Waals surface area (Å²) in [4.78, 5) is 23.5. The lowest BCUT2D eigenvalue weighted by molar-refractivity contribution is -0.110. The maximum absolute atomic E-state index is 13.7. The Hall–Kier alpha value is -3.13. The highest BCUT2D eigenvalue weighted by molar-refractivity contribution is 5.68. The van der Waals surface area contributed by atoms with E-state index in [1.807, 2.05) is 30.3 Å². The molecule has 174 valence electrons. The second-order valence-corrected chi connectivity index (χ2v) is 8.70. The fraction of sp³-hybridized carbons (Fsp3) is 0.417. The molecule has 0 aliphatic heterocycles. The first-order valence-electron chi connectivity index (χ1n) is 10.6. The van der Waals surface area contributed by atoms with Crippen molar-refractivity contribution in [2.24, 2.45) is 0 Å². The number of phenolic OH excluding ortho intramolecular Hbond substituents is 1. The Bertz CT molecular complexity index is 851. The van der Waals surface area contributed by atoms with E-state index in [1.54, 1.807) is 20.8 Å². The molecular weight excluding hydrogens is 413 g/mol. The fourth-order valence-corrected chi connectivity index (χ4v) is 3.34. The Morgan fingerprint density at radius 1 is 1.12 bits per heavy atom. The summed E-state index contributed by atoms with van der Waals surface area (Å²) >= 11 is 0. The summed E-state index contributed by atoms with van der Waals surface area (Å²) in [7, 11) is 0. The zero-order valence-corrected chi connectivity index (χ0v) is 18.7. The van der Waals surface area contributed by atoms with Crippen molar-refractivity contribution < 1.29 is 23.8 Å².